The van der Waals surface area contributed by atoms with Crippen LogP contribution in [0, 0.1) is 0 Å². The molecule has 10 aromatic carbocycles. The van der Waals surface area contributed by atoms with E-state index in [9.17, 15) is 0 Å². The maximum absolute atomic E-state index is 2.44. The van der Waals surface area contributed by atoms with Gasteiger partial charge in [0.25, 0.3) is 0 Å². The number of hydrogen-bond acceptors (Lipinski definition) is 1. The molecule has 0 unspecified atom stereocenters. The molecule has 0 saturated heterocycles. The number of benzene rings is 10. The average molecular weight is 713 g/mol. The predicted molar refractivity (Wildman–Crippen MR) is 239 cm³/mol. The molecular weight excluding hydrogens is 677 g/mol. The minimum atomic E-state index is 1.09. The maximum atomic E-state index is 2.44. The first-order valence-corrected chi connectivity index (χ1v) is 19.3. The van der Waals surface area contributed by atoms with E-state index in [1.54, 1.807) is 0 Å². The molecule has 11 rings (SSSR count). The van der Waals surface area contributed by atoms with Gasteiger partial charge in [-0.05, 0) is 97.7 Å². The Morgan fingerprint density at radius 1 is 0.321 bits per heavy atom. The van der Waals surface area contributed by atoms with Crippen LogP contribution in [0.15, 0.2) is 218 Å². The van der Waals surface area contributed by atoms with Crippen LogP contribution in [0.25, 0.3) is 82.1 Å². The Hall–Kier alpha value is -7.42. The van der Waals surface area contributed by atoms with Gasteiger partial charge < -0.3 is 9.47 Å². The zero-order chi connectivity index (χ0) is 37.0. The third kappa shape index (κ3) is 5.19. The molecule has 0 amide bonds. The Bertz CT molecular complexity index is 3190. The topological polar surface area (TPSA) is 8.17 Å². The van der Waals surface area contributed by atoms with Gasteiger partial charge in [-0.2, -0.15) is 0 Å². The van der Waals surface area contributed by atoms with Gasteiger partial charge in [0, 0.05) is 33.2 Å². The van der Waals surface area contributed by atoms with E-state index in [1.165, 1.54) is 76.4 Å². The summed E-state index contributed by atoms with van der Waals surface area (Å²) in [6.07, 6.45) is 0. The fourth-order valence-corrected chi connectivity index (χ4v) is 8.85. The minimum absolute atomic E-state index is 1.09. The average Bonchev–Trinajstić information content (AvgIpc) is 3.61. The lowest BCUT2D eigenvalue weighted by molar-refractivity contribution is 1.17. The number of para-hydroxylation sites is 2. The summed E-state index contributed by atoms with van der Waals surface area (Å²) in [5.41, 5.74) is 11.7. The summed E-state index contributed by atoms with van der Waals surface area (Å²) in [6.45, 7) is 0. The molecule has 0 aliphatic carbocycles. The van der Waals surface area contributed by atoms with Gasteiger partial charge in [0.1, 0.15) is 0 Å². The second-order valence-corrected chi connectivity index (χ2v) is 14.5. The second-order valence-electron chi connectivity index (χ2n) is 14.5. The second kappa shape index (κ2) is 13.2. The van der Waals surface area contributed by atoms with Gasteiger partial charge in [0.2, 0.25) is 0 Å². The van der Waals surface area contributed by atoms with Crippen molar-refractivity contribution in [1.29, 1.82) is 0 Å². The third-order valence-corrected chi connectivity index (χ3v) is 11.3. The standard InChI is InChI=1S/C54H36N2/c1-2-15-37(16-3-1)45-27-12-18-39-19-13-28-46(54(39)45)38-31-33-41(34-32-38)55(53-35-40-17-4-5-22-44(40)47-23-6-7-24-48(47)53)42-20-14-21-43(36-42)56-51-29-10-8-25-49(51)50-26-9-11-30-52(50)56/h1-36H. The molecule has 1 aromatic heterocycles. The SMILES string of the molecule is c1ccc(-c2cccc3cccc(-c4ccc(N(c5cccc(-n6c7ccccc7c7ccccc76)c5)c5cc6ccccc6c6ccccc56)cc4)c23)cc1. The van der Waals surface area contributed by atoms with Crippen LogP contribution >= 0.6 is 0 Å². The molecular formula is C54H36N2. The summed E-state index contributed by atoms with van der Waals surface area (Å²) in [4.78, 5) is 2.44. The highest BCUT2D eigenvalue weighted by Crippen LogP contribution is 2.44. The lowest BCUT2D eigenvalue weighted by Gasteiger charge is -2.28. The first-order chi connectivity index (χ1) is 27.8. The Morgan fingerprint density at radius 3 is 1.55 bits per heavy atom. The Labute approximate surface area is 325 Å². The van der Waals surface area contributed by atoms with Gasteiger partial charge in [-0.1, -0.05) is 170 Å². The molecule has 0 spiro atoms. The van der Waals surface area contributed by atoms with E-state index in [2.05, 4.69) is 228 Å². The number of fused-ring (bicyclic) bond motifs is 7. The van der Waals surface area contributed by atoms with Crippen LogP contribution in [0.2, 0.25) is 0 Å². The molecule has 0 aliphatic heterocycles. The number of aromatic nitrogens is 1. The highest BCUT2D eigenvalue weighted by Gasteiger charge is 2.20. The summed E-state index contributed by atoms with van der Waals surface area (Å²) in [7, 11) is 0. The lowest BCUT2D eigenvalue weighted by Crippen LogP contribution is -2.11. The van der Waals surface area contributed by atoms with E-state index in [0.29, 0.717) is 0 Å². The monoisotopic (exact) mass is 712 g/mol. The van der Waals surface area contributed by atoms with E-state index in [-0.39, 0.29) is 0 Å². The number of hydrogen-bond donors (Lipinski definition) is 0. The van der Waals surface area contributed by atoms with Crippen molar-refractivity contribution in [3.05, 3.63) is 218 Å². The van der Waals surface area contributed by atoms with E-state index in [0.717, 1.165) is 22.7 Å². The Balaban J connectivity index is 1.13. The van der Waals surface area contributed by atoms with Gasteiger partial charge in [0.15, 0.2) is 0 Å². The van der Waals surface area contributed by atoms with Crippen LogP contribution in [0.3, 0.4) is 0 Å². The van der Waals surface area contributed by atoms with Crippen molar-refractivity contribution in [2.24, 2.45) is 0 Å². The molecule has 11 aromatic rings. The van der Waals surface area contributed by atoms with Crippen LogP contribution in [0.1, 0.15) is 0 Å². The zero-order valence-corrected chi connectivity index (χ0v) is 30.7. The van der Waals surface area contributed by atoms with Crippen molar-refractivity contribution < 1.29 is 0 Å². The van der Waals surface area contributed by atoms with Gasteiger partial charge in [0.05, 0.1) is 16.7 Å². The first-order valence-electron chi connectivity index (χ1n) is 19.3. The van der Waals surface area contributed by atoms with Crippen molar-refractivity contribution in [2.75, 3.05) is 4.90 Å². The third-order valence-electron chi connectivity index (χ3n) is 11.3. The van der Waals surface area contributed by atoms with Crippen molar-refractivity contribution in [1.82, 2.24) is 4.57 Å². The number of anilines is 3. The molecule has 2 heteroatoms. The molecule has 0 bridgehead atoms. The zero-order valence-electron chi connectivity index (χ0n) is 30.7. The lowest BCUT2D eigenvalue weighted by atomic mass is 9.91. The molecule has 0 N–H and O–H groups in total. The molecule has 262 valence electrons. The first kappa shape index (κ1) is 32.0. The van der Waals surface area contributed by atoms with Gasteiger partial charge in [-0.25, -0.2) is 0 Å². The van der Waals surface area contributed by atoms with Crippen LogP contribution in [0.5, 0.6) is 0 Å². The van der Waals surface area contributed by atoms with Crippen molar-refractivity contribution >= 4 is 71.2 Å². The predicted octanol–water partition coefficient (Wildman–Crippen LogP) is 15.0. The summed E-state index contributed by atoms with van der Waals surface area (Å²) in [6, 6.07) is 79.5. The normalized spacial score (nSPS) is 11.6. The van der Waals surface area contributed by atoms with Crippen molar-refractivity contribution in [3.63, 3.8) is 0 Å². The van der Waals surface area contributed by atoms with E-state index in [1.807, 2.05) is 0 Å². The quantitative estimate of drug-likeness (QED) is 0.156. The molecule has 0 saturated carbocycles. The van der Waals surface area contributed by atoms with Crippen LogP contribution < -0.4 is 4.90 Å². The van der Waals surface area contributed by atoms with E-state index < -0.39 is 0 Å². The molecule has 1 heterocycles. The Kier molecular flexibility index (Phi) is 7.53. The summed E-state index contributed by atoms with van der Waals surface area (Å²) >= 11 is 0. The van der Waals surface area contributed by atoms with Crippen LogP contribution in [0.4, 0.5) is 17.1 Å². The summed E-state index contributed by atoms with van der Waals surface area (Å²) in [5, 5.41) is 9.93. The Morgan fingerprint density at radius 2 is 0.857 bits per heavy atom. The molecule has 0 radical (unpaired) electrons. The maximum Gasteiger partial charge on any atom is 0.0546 e. The van der Waals surface area contributed by atoms with E-state index in [4.69, 9.17) is 0 Å². The molecule has 2 nitrogen and oxygen atoms in total. The largest absolute Gasteiger partial charge is 0.310 e. The number of nitrogens with zero attached hydrogens (tertiary/aromatic N) is 2. The van der Waals surface area contributed by atoms with Crippen LogP contribution in [-0.2, 0) is 0 Å². The fourth-order valence-electron chi connectivity index (χ4n) is 8.85. The summed E-state index contributed by atoms with van der Waals surface area (Å²) in [5.74, 6) is 0. The smallest absolute Gasteiger partial charge is 0.0546 e. The van der Waals surface area contributed by atoms with E-state index >= 15 is 0 Å². The highest BCUT2D eigenvalue weighted by atomic mass is 15.1. The highest BCUT2D eigenvalue weighted by molar-refractivity contribution is 6.15. The molecule has 0 aliphatic rings. The minimum Gasteiger partial charge on any atom is -0.310 e. The molecule has 0 atom stereocenters. The van der Waals surface area contributed by atoms with Gasteiger partial charge in [-0.3, -0.25) is 0 Å². The van der Waals surface area contributed by atoms with Crippen LogP contribution in [-0.4, -0.2) is 4.57 Å². The van der Waals surface area contributed by atoms with Gasteiger partial charge in [-0.15, -0.1) is 0 Å². The molecule has 0 fully saturated rings. The number of rotatable bonds is 6. The van der Waals surface area contributed by atoms with Crippen molar-refractivity contribution in [2.45, 2.75) is 0 Å². The fraction of sp³-hybridized carbons (Fsp3) is 0. The van der Waals surface area contributed by atoms with Crippen molar-refractivity contribution in [3.8, 4) is 27.9 Å². The van der Waals surface area contributed by atoms with Gasteiger partial charge >= 0.3 is 0 Å². The molecule has 56 heavy (non-hydrogen) atoms. The summed E-state index contributed by atoms with van der Waals surface area (Å²) < 4.78 is 2.40.